The van der Waals surface area contributed by atoms with E-state index >= 15 is 0 Å². The first kappa shape index (κ1) is 32.4. The molecule has 18 heteroatoms. The fourth-order valence-electron chi connectivity index (χ4n) is 4.61. The predicted molar refractivity (Wildman–Crippen MR) is 166 cm³/mol. The van der Waals surface area contributed by atoms with Crippen LogP contribution in [0.5, 0.6) is 57.5 Å². The SMILES string of the molecule is CP(=O)(OOc1cc(-c2oc3cc(O)cc(O)c3c(=O)c2O)ccc1O)OOc1cc(-c2oc3cc(O)cc(O)c3c(=O)c2O)ccc1O. The highest BCUT2D eigenvalue weighted by molar-refractivity contribution is 7.52. The average Bonchev–Trinajstić information content (AvgIpc) is 3.03. The third kappa shape index (κ3) is 6.03. The summed E-state index contributed by atoms with van der Waals surface area (Å²) in [5.41, 5.74) is -2.78. The molecule has 0 spiro atoms. The number of hydrogen-bond acceptors (Lipinski definition) is 17. The average molecular weight is 696 g/mol. The summed E-state index contributed by atoms with van der Waals surface area (Å²) in [6.07, 6.45) is 0. The van der Waals surface area contributed by atoms with E-state index in [0.29, 0.717) is 0 Å². The minimum absolute atomic E-state index is 0.0745. The lowest BCUT2D eigenvalue weighted by atomic mass is 10.1. The molecule has 6 rings (SSSR count). The lowest BCUT2D eigenvalue weighted by molar-refractivity contribution is -0.170. The maximum atomic E-state index is 13.0. The monoisotopic (exact) mass is 696 g/mol. The summed E-state index contributed by atoms with van der Waals surface area (Å²) in [6.45, 7) is 0.870. The van der Waals surface area contributed by atoms with Gasteiger partial charge >= 0.3 is 7.60 Å². The van der Waals surface area contributed by atoms with Crippen LogP contribution in [0.25, 0.3) is 44.6 Å². The molecule has 0 aliphatic heterocycles. The maximum absolute atomic E-state index is 13.0. The molecule has 0 bridgehead atoms. The van der Waals surface area contributed by atoms with Crippen molar-refractivity contribution >= 4 is 29.5 Å². The van der Waals surface area contributed by atoms with Crippen molar-refractivity contribution in [3.63, 3.8) is 0 Å². The van der Waals surface area contributed by atoms with Crippen LogP contribution in [0.1, 0.15) is 0 Å². The molecule has 0 aliphatic rings. The van der Waals surface area contributed by atoms with Crippen LogP contribution in [-0.2, 0) is 13.9 Å². The molecule has 8 N–H and O–H groups in total. The van der Waals surface area contributed by atoms with Gasteiger partial charge in [0.25, 0.3) is 0 Å². The molecule has 0 unspecified atom stereocenters. The summed E-state index contributed by atoms with van der Waals surface area (Å²) in [7, 11) is -4.38. The number of aromatic hydroxyl groups is 8. The van der Waals surface area contributed by atoms with Gasteiger partial charge in [0.15, 0.2) is 23.0 Å². The third-order valence-electron chi connectivity index (χ3n) is 6.84. The second kappa shape index (κ2) is 11.9. The minimum Gasteiger partial charge on any atom is -0.508 e. The van der Waals surface area contributed by atoms with Crippen LogP contribution >= 0.6 is 7.60 Å². The Morgan fingerprint density at radius 1 is 0.551 bits per heavy atom. The Hall–Kier alpha value is -6.55. The molecule has 0 saturated carbocycles. The molecule has 0 fully saturated rings. The van der Waals surface area contributed by atoms with Gasteiger partial charge in [-0.2, -0.15) is 0 Å². The van der Waals surface area contributed by atoms with Gasteiger partial charge in [-0.05, 0) is 36.4 Å². The highest BCUT2D eigenvalue weighted by atomic mass is 31.2. The predicted octanol–water partition coefficient (Wildman–Crippen LogP) is 5.02. The van der Waals surface area contributed by atoms with Crippen molar-refractivity contribution in [3.8, 4) is 80.1 Å². The molecule has 2 aromatic heterocycles. The Kier molecular flexibility index (Phi) is 7.88. The molecule has 0 radical (unpaired) electrons. The fraction of sp³-hybridized carbons (Fsp3) is 0.0323. The van der Waals surface area contributed by atoms with Crippen molar-refractivity contribution in [2.75, 3.05) is 6.66 Å². The van der Waals surface area contributed by atoms with Gasteiger partial charge in [0, 0.05) is 42.1 Å². The molecule has 0 aliphatic carbocycles. The Morgan fingerprint density at radius 3 is 1.33 bits per heavy atom. The quantitative estimate of drug-likeness (QED) is 0.0589. The molecule has 0 amide bonds. The highest BCUT2D eigenvalue weighted by Gasteiger charge is 2.26. The van der Waals surface area contributed by atoms with Crippen LogP contribution in [-0.4, -0.2) is 47.5 Å². The number of benzene rings is 4. The van der Waals surface area contributed by atoms with Gasteiger partial charge in [-0.1, -0.05) is 9.35 Å². The van der Waals surface area contributed by atoms with Crippen molar-refractivity contribution in [1.82, 2.24) is 0 Å². The van der Waals surface area contributed by atoms with Crippen LogP contribution in [0.15, 0.2) is 79.1 Å². The highest BCUT2D eigenvalue weighted by Crippen LogP contribution is 2.48. The topological polar surface area (TPSA) is 276 Å². The van der Waals surface area contributed by atoms with Crippen molar-refractivity contribution in [2.24, 2.45) is 0 Å². The fourth-order valence-corrected chi connectivity index (χ4v) is 5.07. The van der Waals surface area contributed by atoms with Gasteiger partial charge in [-0.25, -0.2) is 0 Å². The van der Waals surface area contributed by atoms with E-state index in [4.69, 9.17) is 28.0 Å². The van der Waals surface area contributed by atoms with Crippen LogP contribution in [0.2, 0.25) is 0 Å². The van der Waals surface area contributed by atoms with E-state index in [-0.39, 0.29) is 22.3 Å². The standard InChI is InChI=1S/C31H21O17P/c1-49(42,47-45-20-6-12(2-4-16(20)34)30-28(40)26(38)24-18(36)8-14(32)10-22(24)43-30)48-46-21-7-13(3-5-17(21)35)31-29(41)27(39)25-19(37)9-15(33)11-23(25)44-31/h2-11,32-37,40-41H,1H3. The second-order valence-electron chi connectivity index (χ2n) is 10.3. The second-order valence-corrected chi connectivity index (χ2v) is 12.2. The van der Waals surface area contributed by atoms with Gasteiger partial charge in [-0.3, -0.25) is 14.2 Å². The van der Waals surface area contributed by atoms with Crippen LogP contribution in [0.4, 0.5) is 0 Å². The van der Waals surface area contributed by atoms with Crippen molar-refractivity contribution in [2.45, 2.75) is 0 Å². The summed E-state index contributed by atoms with van der Waals surface area (Å²) in [6, 6.07) is 10.3. The molecular weight excluding hydrogens is 675 g/mol. The van der Waals surface area contributed by atoms with Gasteiger partial charge in [0.2, 0.25) is 33.9 Å². The number of phenolic OH excluding ortho intramolecular Hbond substituents is 6. The Labute approximate surface area is 270 Å². The van der Waals surface area contributed by atoms with Crippen LogP contribution < -0.4 is 20.6 Å². The number of hydrogen-bond donors (Lipinski definition) is 8. The summed E-state index contributed by atoms with van der Waals surface area (Å²) in [4.78, 5) is 35.3. The summed E-state index contributed by atoms with van der Waals surface area (Å²) in [5.74, 6) is -7.13. The Morgan fingerprint density at radius 2 is 0.939 bits per heavy atom. The molecule has 0 saturated heterocycles. The minimum atomic E-state index is -4.38. The van der Waals surface area contributed by atoms with E-state index in [1.807, 2.05) is 0 Å². The molecule has 6 aromatic rings. The number of fused-ring (bicyclic) bond motifs is 2. The van der Waals surface area contributed by atoms with E-state index < -0.39 is 98.2 Å². The lowest BCUT2D eigenvalue weighted by Gasteiger charge is -2.15. The third-order valence-corrected chi connectivity index (χ3v) is 7.53. The van der Waals surface area contributed by atoms with Crippen molar-refractivity contribution in [3.05, 3.63) is 81.1 Å². The molecule has 49 heavy (non-hydrogen) atoms. The van der Waals surface area contributed by atoms with Crippen molar-refractivity contribution < 1.29 is 73.4 Å². The molecule has 17 nitrogen and oxygen atoms in total. The lowest BCUT2D eigenvalue weighted by Crippen LogP contribution is -2.04. The zero-order valence-corrected chi connectivity index (χ0v) is 25.4. The molecule has 2 heterocycles. The van der Waals surface area contributed by atoms with E-state index in [1.54, 1.807) is 0 Å². The van der Waals surface area contributed by atoms with E-state index in [2.05, 4.69) is 0 Å². The van der Waals surface area contributed by atoms with E-state index in [1.165, 1.54) is 12.1 Å². The first-order valence-electron chi connectivity index (χ1n) is 13.5. The van der Waals surface area contributed by atoms with Gasteiger partial charge in [0.05, 0.1) is 0 Å². The van der Waals surface area contributed by atoms with Crippen molar-refractivity contribution in [1.29, 1.82) is 0 Å². The largest absolute Gasteiger partial charge is 0.508 e. The summed E-state index contributed by atoms with van der Waals surface area (Å²) < 4.78 is 33.6. The van der Waals surface area contributed by atoms with Crippen LogP contribution in [0, 0.1) is 0 Å². The van der Waals surface area contributed by atoms with Gasteiger partial charge in [-0.15, -0.1) is 0 Å². The van der Waals surface area contributed by atoms with Gasteiger partial charge < -0.3 is 59.5 Å². The van der Waals surface area contributed by atoms with Crippen LogP contribution in [0.3, 0.4) is 0 Å². The zero-order chi connectivity index (χ0) is 35.4. The number of rotatable bonds is 8. The summed E-state index contributed by atoms with van der Waals surface area (Å²) >= 11 is 0. The smallest absolute Gasteiger partial charge is 0.402 e. The summed E-state index contributed by atoms with van der Waals surface area (Å²) in [5, 5.41) is 80.3. The maximum Gasteiger partial charge on any atom is 0.402 e. The Bertz CT molecular complexity index is 2310. The Balaban J connectivity index is 1.22. The molecular formula is C31H21O17P. The first-order chi connectivity index (χ1) is 23.1. The van der Waals surface area contributed by atoms with Gasteiger partial charge in [0.1, 0.15) is 44.9 Å². The molecule has 0 atom stereocenters. The van der Waals surface area contributed by atoms with E-state index in [9.17, 15) is 55.0 Å². The first-order valence-corrected chi connectivity index (χ1v) is 15.5. The molecule has 252 valence electrons. The molecule has 4 aromatic carbocycles. The normalized spacial score (nSPS) is 11.6. The van der Waals surface area contributed by atoms with E-state index in [0.717, 1.165) is 55.2 Å². The number of phenols is 6. The zero-order valence-electron chi connectivity index (χ0n) is 24.5.